The SMILES string of the molecule is CCC1(C(=O)Nc2cccc(C(=O)O)c2)CCC1. The maximum absolute atomic E-state index is 12.2. The average Bonchev–Trinajstić information content (AvgIpc) is 2.28. The summed E-state index contributed by atoms with van der Waals surface area (Å²) in [4.78, 5) is 23.0. The van der Waals surface area contributed by atoms with E-state index < -0.39 is 5.97 Å². The van der Waals surface area contributed by atoms with Crippen molar-refractivity contribution < 1.29 is 14.7 Å². The van der Waals surface area contributed by atoms with E-state index in [2.05, 4.69) is 5.32 Å². The number of aromatic carboxylic acids is 1. The van der Waals surface area contributed by atoms with Crippen molar-refractivity contribution in [3.8, 4) is 0 Å². The van der Waals surface area contributed by atoms with E-state index in [1.54, 1.807) is 12.1 Å². The lowest BCUT2D eigenvalue weighted by Crippen LogP contribution is -2.41. The Bertz CT molecular complexity index is 472. The lowest BCUT2D eigenvalue weighted by atomic mass is 9.66. The molecule has 2 N–H and O–H groups in total. The molecule has 4 nitrogen and oxygen atoms in total. The number of carbonyl (C=O) groups is 2. The molecule has 0 atom stereocenters. The Morgan fingerprint density at radius 1 is 1.39 bits per heavy atom. The standard InChI is InChI=1S/C14H17NO3/c1-2-14(7-4-8-14)13(18)15-11-6-3-5-10(9-11)12(16)17/h3,5-6,9H,2,4,7-8H2,1H3,(H,15,18)(H,16,17). The maximum atomic E-state index is 12.2. The molecule has 0 unspecified atom stereocenters. The molecule has 96 valence electrons. The number of carboxylic acids is 1. The van der Waals surface area contributed by atoms with Crippen LogP contribution in [0.25, 0.3) is 0 Å². The van der Waals surface area contributed by atoms with Gasteiger partial charge in [-0.3, -0.25) is 4.79 Å². The van der Waals surface area contributed by atoms with Gasteiger partial charge in [0, 0.05) is 11.1 Å². The van der Waals surface area contributed by atoms with Crippen molar-refractivity contribution in [3.63, 3.8) is 0 Å². The molecule has 1 aromatic rings. The van der Waals surface area contributed by atoms with E-state index in [4.69, 9.17) is 5.11 Å². The molecule has 1 aliphatic rings. The molecule has 1 aromatic carbocycles. The predicted molar refractivity (Wildman–Crippen MR) is 68.6 cm³/mol. The second-order valence-corrected chi connectivity index (χ2v) is 4.83. The normalized spacial score (nSPS) is 16.7. The molecule has 1 aliphatic carbocycles. The van der Waals surface area contributed by atoms with E-state index in [0.717, 1.165) is 25.7 Å². The van der Waals surface area contributed by atoms with Gasteiger partial charge in [-0.2, -0.15) is 0 Å². The van der Waals surface area contributed by atoms with Gasteiger partial charge in [0.1, 0.15) is 0 Å². The van der Waals surface area contributed by atoms with Crippen LogP contribution in [-0.4, -0.2) is 17.0 Å². The summed E-state index contributed by atoms with van der Waals surface area (Å²) in [7, 11) is 0. The number of hydrogen-bond donors (Lipinski definition) is 2. The van der Waals surface area contributed by atoms with Crippen molar-refractivity contribution in [1.82, 2.24) is 0 Å². The van der Waals surface area contributed by atoms with Crippen LogP contribution in [0.2, 0.25) is 0 Å². The van der Waals surface area contributed by atoms with Crippen LogP contribution in [0.4, 0.5) is 5.69 Å². The average molecular weight is 247 g/mol. The van der Waals surface area contributed by atoms with Crippen molar-refractivity contribution in [2.75, 3.05) is 5.32 Å². The Labute approximate surface area is 106 Å². The third-order valence-electron chi connectivity index (χ3n) is 3.84. The Balaban J connectivity index is 2.12. The zero-order valence-electron chi connectivity index (χ0n) is 10.4. The van der Waals surface area contributed by atoms with E-state index in [9.17, 15) is 9.59 Å². The van der Waals surface area contributed by atoms with E-state index in [0.29, 0.717) is 5.69 Å². The van der Waals surface area contributed by atoms with Crippen LogP contribution in [0.15, 0.2) is 24.3 Å². The highest BCUT2D eigenvalue weighted by Gasteiger charge is 2.42. The summed E-state index contributed by atoms with van der Waals surface area (Å²) in [5, 5.41) is 11.7. The van der Waals surface area contributed by atoms with Gasteiger partial charge in [-0.15, -0.1) is 0 Å². The summed E-state index contributed by atoms with van der Waals surface area (Å²) in [5.41, 5.74) is 0.505. The second-order valence-electron chi connectivity index (χ2n) is 4.83. The van der Waals surface area contributed by atoms with Crippen LogP contribution in [0.5, 0.6) is 0 Å². The molecular formula is C14H17NO3. The monoisotopic (exact) mass is 247 g/mol. The van der Waals surface area contributed by atoms with Gasteiger partial charge >= 0.3 is 5.97 Å². The number of carbonyl (C=O) groups excluding carboxylic acids is 1. The summed E-state index contributed by atoms with van der Waals surface area (Å²) < 4.78 is 0. The lowest BCUT2D eigenvalue weighted by molar-refractivity contribution is -0.130. The smallest absolute Gasteiger partial charge is 0.335 e. The number of benzene rings is 1. The predicted octanol–water partition coefficient (Wildman–Crippen LogP) is 2.90. The van der Waals surface area contributed by atoms with E-state index in [1.165, 1.54) is 12.1 Å². The zero-order valence-corrected chi connectivity index (χ0v) is 10.4. The minimum atomic E-state index is -0.986. The fraction of sp³-hybridized carbons (Fsp3) is 0.429. The van der Waals surface area contributed by atoms with Gasteiger partial charge < -0.3 is 10.4 Å². The molecule has 1 amide bonds. The molecule has 0 aromatic heterocycles. The van der Waals surface area contributed by atoms with E-state index in [1.807, 2.05) is 6.92 Å². The maximum Gasteiger partial charge on any atom is 0.335 e. The highest BCUT2D eigenvalue weighted by molar-refractivity contribution is 5.97. The van der Waals surface area contributed by atoms with E-state index >= 15 is 0 Å². The van der Waals surface area contributed by atoms with Gasteiger partial charge in [0.2, 0.25) is 5.91 Å². The van der Waals surface area contributed by atoms with Crippen LogP contribution in [0.3, 0.4) is 0 Å². The van der Waals surface area contributed by atoms with Crippen molar-refractivity contribution >= 4 is 17.6 Å². The van der Waals surface area contributed by atoms with Gasteiger partial charge in [-0.05, 0) is 37.5 Å². The molecule has 18 heavy (non-hydrogen) atoms. The van der Waals surface area contributed by atoms with Gasteiger partial charge in [0.25, 0.3) is 0 Å². The molecule has 4 heteroatoms. The highest BCUT2D eigenvalue weighted by Crippen LogP contribution is 2.44. The second kappa shape index (κ2) is 4.80. The summed E-state index contributed by atoms with van der Waals surface area (Å²) in [5.74, 6) is -0.973. The molecule has 0 heterocycles. The highest BCUT2D eigenvalue weighted by atomic mass is 16.4. The Morgan fingerprint density at radius 3 is 2.61 bits per heavy atom. The van der Waals surface area contributed by atoms with Crippen LogP contribution in [-0.2, 0) is 4.79 Å². The summed E-state index contributed by atoms with van der Waals surface area (Å²) in [6.45, 7) is 2.02. The third kappa shape index (κ3) is 2.23. The van der Waals surface area contributed by atoms with E-state index in [-0.39, 0.29) is 16.9 Å². The first-order valence-corrected chi connectivity index (χ1v) is 6.22. The molecule has 1 saturated carbocycles. The number of nitrogens with one attached hydrogen (secondary N) is 1. The minimum absolute atomic E-state index is 0.0128. The minimum Gasteiger partial charge on any atom is -0.478 e. The quantitative estimate of drug-likeness (QED) is 0.859. The summed E-state index contributed by atoms with van der Waals surface area (Å²) in [6.07, 6.45) is 3.77. The topological polar surface area (TPSA) is 66.4 Å². The van der Waals surface area contributed by atoms with Gasteiger partial charge in [-0.25, -0.2) is 4.79 Å². The van der Waals surface area contributed by atoms with Gasteiger partial charge in [0.05, 0.1) is 5.56 Å². The molecule has 0 bridgehead atoms. The first kappa shape index (κ1) is 12.6. The molecular weight excluding hydrogens is 230 g/mol. The number of rotatable bonds is 4. The first-order chi connectivity index (χ1) is 8.57. The molecule has 0 saturated heterocycles. The number of amides is 1. The molecule has 2 rings (SSSR count). The van der Waals surface area contributed by atoms with Crippen molar-refractivity contribution in [1.29, 1.82) is 0 Å². The van der Waals surface area contributed by atoms with Crippen LogP contribution in [0.1, 0.15) is 43.0 Å². The summed E-state index contributed by atoms with van der Waals surface area (Å²) in [6, 6.07) is 6.35. The Kier molecular flexibility index (Phi) is 3.36. The van der Waals surface area contributed by atoms with Crippen molar-refractivity contribution in [3.05, 3.63) is 29.8 Å². The van der Waals surface area contributed by atoms with Crippen molar-refractivity contribution in [2.45, 2.75) is 32.6 Å². The number of hydrogen-bond acceptors (Lipinski definition) is 2. The Hall–Kier alpha value is -1.84. The number of carboxylic acid groups (broad SMARTS) is 1. The largest absolute Gasteiger partial charge is 0.478 e. The summed E-state index contributed by atoms with van der Waals surface area (Å²) >= 11 is 0. The molecule has 0 spiro atoms. The molecule has 1 fully saturated rings. The fourth-order valence-electron chi connectivity index (χ4n) is 2.34. The fourth-order valence-corrected chi connectivity index (χ4v) is 2.34. The molecule has 0 aliphatic heterocycles. The van der Waals surface area contributed by atoms with Crippen LogP contribution in [0, 0.1) is 5.41 Å². The van der Waals surface area contributed by atoms with Gasteiger partial charge in [-0.1, -0.05) is 19.4 Å². The zero-order chi connectivity index (χ0) is 13.2. The number of anilines is 1. The van der Waals surface area contributed by atoms with Crippen molar-refractivity contribution in [2.24, 2.45) is 5.41 Å². The van der Waals surface area contributed by atoms with Crippen LogP contribution >= 0.6 is 0 Å². The molecule has 0 radical (unpaired) electrons. The third-order valence-corrected chi connectivity index (χ3v) is 3.84. The first-order valence-electron chi connectivity index (χ1n) is 6.22. The van der Waals surface area contributed by atoms with Crippen LogP contribution < -0.4 is 5.32 Å². The lowest BCUT2D eigenvalue weighted by Gasteiger charge is -2.39. The van der Waals surface area contributed by atoms with Gasteiger partial charge in [0.15, 0.2) is 0 Å². The Morgan fingerprint density at radius 2 is 2.11 bits per heavy atom.